The smallest absolute Gasteiger partial charge is 0.338 e. The number of nitrogens with one attached hydrogen (secondary N) is 1. The zero-order valence-corrected chi connectivity index (χ0v) is 15.3. The Morgan fingerprint density at radius 3 is 2.52 bits per heavy atom. The first kappa shape index (κ1) is 19.8. The summed E-state index contributed by atoms with van der Waals surface area (Å²) in [4.78, 5) is 24.3. The number of hydrogen-bond donors (Lipinski definition) is 1. The fraction of sp³-hybridized carbons (Fsp3) is 0.250. The van der Waals surface area contributed by atoms with Gasteiger partial charge >= 0.3 is 5.97 Å². The fourth-order valence-electron chi connectivity index (χ4n) is 2.32. The van der Waals surface area contributed by atoms with E-state index < -0.39 is 18.0 Å². The number of methoxy groups -OCH3 is 2. The Labute approximate surface area is 157 Å². The summed E-state index contributed by atoms with van der Waals surface area (Å²) in [5.74, 6) is 0.0472. The van der Waals surface area contributed by atoms with Crippen LogP contribution in [0.15, 0.2) is 42.5 Å². The lowest BCUT2D eigenvalue weighted by Gasteiger charge is -2.14. The van der Waals surface area contributed by atoms with Crippen LogP contribution in [0.5, 0.6) is 11.5 Å². The number of hydrogen-bond acceptors (Lipinski definition) is 6. The average Bonchev–Trinajstić information content (AvgIpc) is 2.71. The van der Waals surface area contributed by atoms with E-state index in [1.165, 1.54) is 26.2 Å². The minimum absolute atomic E-state index is 0.216. The number of benzene rings is 2. The third-order valence-electron chi connectivity index (χ3n) is 3.80. The molecule has 1 amide bonds. The summed E-state index contributed by atoms with van der Waals surface area (Å²) < 4.78 is 15.6. The normalized spacial score (nSPS) is 11.0. The van der Waals surface area contributed by atoms with E-state index in [1.54, 1.807) is 37.4 Å². The zero-order chi connectivity index (χ0) is 19.8. The first-order chi connectivity index (χ1) is 13.0. The summed E-state index contributed by atoms with van der Waals surface area (Å²) >= 11 is 0. The van der Waals surface area contributed by atoms with Gasteiger partial charge in [-0.25, -0.2) is 4.79 Å². The molecule has 140 valence electrons. The van der Waals surface area contributed by atoms with Gasteiger partial charge in [-0.05, 0) is 42.8 Å². The average molecular weight is 368 g/mol. The molecular formula is C20H20N2O5. The van der Waals surface area contributed by atoms with Crippen LogP contribution in [0.3, 0.4) is 0 Å². The van der Waals surface area contributed by atoms with Crippen LogP contribution in [-0.4, -0.2) is 32.2 Å². The number of esters is 1. The summed E-state index contributed by atoms with van der Waals surface area (Å²) in [6.07, 6.45) is -0.983. The van der Waals surface area contributed by atoms with E-state index in [4.69, 9.17) is 19.5 Å². The topological polar surface area (TPSA) is 97.6 Å². The highest BCUT2D eigenvalue weighted by molar-refractivity contribution is 5.92. The third-order valence-corrected chi connectivity index (χ3v) is 3.80. The second-order valence-corrected chi connectivity index (χ2v) is 5.65. The molecule has 7 heteroatoms. The van der Waals surface area contributed by atoms with Gasteiger partial charge in [0.05, 0.1) is 31.4 Å². The van der Waals surface area contributed by atoms with Crippen molar-refractivity contribution in [1.29, 1.82) is 5.26 Å². The molecule has 2 aromatic rings. The molecule has 2 rings (SSSR count). The monoisotopic (exact) mass is 368 g/mol. The van der Waals surface area contributed by atoms with Crippen molar-refractivity contribution in [2.75, 3.05) is 14.2 Å². The van der Waals surface area contributed by atoms with Crippen LogP contribution in [0.2, 0.25) is 0 Å². The highest BCUT2D eigenvalue weighted by Crippen LogP contribution is 2.27. The first-order valence-corrected chi connectivity index (χ1v) is 8.18. The lowest BCUT2D eigenvalue weighted by atomic mass is 10.1. The molecular weight excluding hydrogens is 348 g/mol. The van der Waals surface area contributed by atoms with Crippen LogP contribution in [0.25, 0.3) is 0 Å². The van der Waals surface area contributed by atoms with Gasteiger partial charge in [-0.3, -0.25) is 4.79 Å². The van der Waals surface area contributed by atoms with Gasteiger partial charge in [-0.1, -0.05) is 12.1 Å². The minimum atomic E-state index is -0.983. The second-order valence-electron chi connectivity index (χ2n) is 5.65. The molecule has 1 atom stereocenters. The Hall–Kier alpha value is -3.53. The SMILES string of the molecule is COc1ccc(CNC(=O)[C@H](C)OC(=O)c2cccc(C#N)c2)cc1OC. The van der Waals surface area contributed by atoms with Gasteiger partial charge in [-0.15, -0.1) is 0 Å². The van der Waals surface area contributed by atoms with Crippen molar-refractivity contribution < 1.29 is 23.8 Å². The molecule has 0 spiro atoms. The van der Waals surface area contributed by atoms with Crippen molar-refractivity contribution in [2.24, 2.45) is 0 Å². The Balaban J connectivity index is 1.93. The molecule has 0 unspecified atom stereocenters. The molecule has 1 N–H and O–H groups in total. The second kappa shape index (κ2) is 9.25. The number of amides is 1. The van der Waals surface area contributed by atoms with Gasteiger partial charge in [0.1, 0.15) is 0 Å². The molecule has 0 bridgehead atoms. The summed E-state index contributed by atoms with van der Waals surface area (Å²) in [6.45, 7) is 1.72. The van der Waals surface area contributed by atoms with E-state index in [1.807, 2.05) is 6.07 Å². The quantitative estimate of drug-likeness (QED) is 0.754. The van der Waals surface area contributed by atoms with Crippen molar-refractivity contribution in [3.63, 3.8) is 0 Å². The van der Waals surface area contributed by atoms with Crippen molar-refractivity contribution in [1.82, 2.24) is 5.32 Å². The third kappa shape index (κ3) is 5.22. The van der Waals surface area contributed by atoms with E-state index in [0.717, 1.165) is 5.56 Å². The molecule has 0 aliphatic rings. The van der Waals surface area contributed by atoms with Crippen molar-refractivity contribution in [3.8, 4) is 17.6 Å². The van der Waals surface area contributed by atoms with Gasteiger partial charge in [0.2, 0.25) is 0 Å². The Bertz CT molecular complexity index is 873. The largest absolute Gasteiger partial charge is 0.493 e. The molecule has 0 aromatic heterocycles. The number of nitrogens with zero attached hydrogens (tertiary/aromatic N) is 1. The predicted octanol–water partition coefficient (Wildman–Crippen LogP) is 2.44. The maximum Gasteiger partial charge on any atom is 0.338 e. The van der Waals surface area contributed by atoms with Gasteiger partial charge in [0, 0.05) is 6.54 Å². The molecule has 0 aliphatic carbocycles. The van der Waals surface area contributed by atoms with Crippen molar-refractivity contribution in [2.45, 2.75) is 19.6 Å². The summed E-state index contributed by atoms with van der Waals surface area (Å²) in [6, 6.07) is 13.3. The van der Waals surface area contributed by atoms with Crippen LogP contribution >= 0.6 is 0 Å². The van der Waals surface area contributed by atoms with Crippen LogP contribution in [-0.2, 0) is 16.1 Å². The van der Waals surface area contributed by atoms with Crippen molar-refractivity contribution >= 4 is 11.9 Å². The highest BCUT2D eigenvalue weighted by Gasteiger charge is 2.19. The Morgan fingerprint density at radius 2 is 1.85 bits per heavy atom. The number of rotatable bonds is 7. The highest BCUT2D eigenvalue weighted by atomic mass is 16.5. The molecule has 0 radical (unpaired) electrons. The maximum absolute atomic E-state index is 12.2. The van der Waals surface area contributed by atoms with Gasteiger partial charge < -0.3 is 19.5 Å². The number of carbonyl (C=O) groups is 2. The lowest BCUT2D eigenvalue weighted by molar-refractivity contribution is -0.129. The Kier molecular flexibility index (Phi) is 6.78. The van der Waals surface area contributed by atoms with E-state index in [2.05, 4.69) is 5.32 Å². The molecule has 0 saturated heterocycles. The standard InChI is InChI=1S/C20H20N2O5/c1-13(27-20(24)16-6-4-5-14(9-16)11-21)19(23)22-12-15-7-8-17(25-2)18(10-15)26-3/h4-10,13H,12H2,1-3H3,(H,22,23)/t13-/m0/s1. The number of nitriles is 1. The molecule has 0 saturated carbocycles. The molecule has 27 heavy (non-hydrogen) atoms. The predicted molar refractivity (Wildman–Crippen MR) is 97.4 cm³/mol. The van der Waals surface area contributed by atoms with Crippen LogP contribution in [0, 0.1) is 11.3 Å². The van der Waals surface area contributed by atoms with Gasteiger partial charge in [0.25, 0.3) is 5.91 Å². The molecule has 7 nitrogen and oxygen atoms in total. The van der Waals surface area contributed by atoms with Crippen LogP contribution in [0.1, 0.15) is 28.4 Å². The lowest BCUT2D eigenvalue weighted by Crippen LogP contribution is -2.35. The maximum atomic E-state index is 12.2. The number of ether oxygens (including phenoxy) is 3. The summed E-state index contributed by atoms with van der Waals surface area (Å²) in [5, 5.41) is 11.6. The van der Waals surface area contributed by atoms with Crippen LogP contribution in [0.4, 0.5) is 0 Å². The van der Waals surface area contributed by atoms with Gasteiger partial charge in [-0.2, -0.15) is 5.26 Å². The van der Waals surface area contributed by atoms with E-state index in [-0.39, 0.29) is 12.1 Å². The van der Waals surface area contributed by atoms with E-state index in [0.29, 0.717) is 17.1 Å². The molecule has 2 aromatic carbocycles. The summed E-state index contributed by atoms with van der Waals surface area (Å²) in [5.41, 5.74) is 1.37. The molecule has 0 aliphatic heterocycles. The van der Waals surface area contributed by atoms with Gasteiger partial charge in [0.15, 0.2) is 17.6 Å². The summed E-state index contributed by atoms with van der Waals surface area (Å²) in [7, 11) is 3.07. The molecule has 0 fully saturated rings. The number of carbonyl (C=O) groups excluding carboxylic acids is 2. The minimum Gasteiger partial charge on any atom is -0.493 e. The Morgan fingerprint density at radius 1 is 1.11 bits per heavy atom. The fourth-order valence-corrected chi connectivity index (χ4v) is 2.32. The first-order valence-electron chi connectivity index (χ1n) is 8.18. The van der Waals surface area contributed by atoms with E-state index >= 15 is 0 Å². The van der Waals surface area contributed by atoms with E-state index in [9.17, 15) is 9.59 Å². The van der Waals surface area contributed by atoms with Crippen LogP contribution < -0.4 is 14.8 Å². The van der Waals surface area contributed by atoms with Crippen molar-refractivity contribution in [3.05, 3.63) is 59.2 Å². The molecule has 0 heterocycles. The zero-order valence-electron chi connectivity index (χ0n) is 15.3.